The second kappa shape index (κ2) is 12.6. The van der Waals surface area contributed by atoms with E-state index in [2.05, 4.69) is 18.1 Å². The number of hydrogen-bond acceptors (Lipinski definition) is 13. The number of aromatic nitrogens is 3. The van der Waals surface area contributed by atoms with Crippen molar-refractivity contribution in [3.63, 3.8) is 0 Å². The summed E-state index contributed by atoms with van der Waals surface area (Å²) in [5, 5.41) is 20.9. The van der Waals surface area contributed by atoms with Crippen molar-refractivity contribution in [2.45, 2.75) is 31.1 Å². The van der Waals surface area contributed by atoms with Gasteiger partial charge in [0.2, 0.25) is 0 Å². The van der Waals surface area contributed by atoms with Crippen LogP contribution < -0.4 is 17.0 Å². The van der Waals surface area contributed by atoms with Gasteiger partial charge in [0.15, 0.2) is 6.23 Å². The number of para-hydroxylation sites is 1. The molecule has 0 amide bonds. The lowest BCUT2D eigenvalue weighted by Gasteiger charge is -2.19. The van der Waals surface area contributed by atoms with Crippen LogP contribution in [0.2, 0.25) is 0 Å². The number of nitrogens with zero attached hydrogens (tertiary/aromatic N) is 3. The van der Waals surface area contributed by atoms with Gasteiger partial charge in [0.05, 0.1) is 18.8 Å². The van der Waals surface area contributed by atoms with Gasteiger partial charge < -0.3 is 40.3 Å². The number of nitrogens with two attached hydrogens (primary N) is 1. The molecule has 0 bridgehead atoms. The van der Waals surface area contributed by atoms with Crippen LogP contribution in [0.1, 0.15) is 11.9 Å². The Bertz CT molecular complexity index is 1760. The van der Waals surface area contributed by atoms with Crippen molar-refractivity contribution >= 4 is 29.2 Å². The lowest BCUT2D eigenvalue weighted by molar-refractivity contribution is -0.0547. The first-order chi connectivity index (χ1) is 20.0. The molecule has 4 rings (SSSR count). The van der Waals surface area contributed by atoms with E-state index < -0.39 is 65.9 Å². The van der Waals surface area contributed by atoms with Crippen LogP contribution in [0.5, 0.6) is 0 Å². The topological polar surface area (TPSA) is 292 Å². The van der Waals surface area contributed by atoms with Gasteiger partial charge in [-0.25, -0.2) is 18.5 Å². The SMILES string of the molecule is Nc1ccccc1-c1ccnc(Cn2c(=O)ccn([C@@H]3O[C@H](COP(=O)(O)OP(=O)(O)OP(=O)(O)O)C(O)[C@@H]3O)c2=O)c1. The zero-order valence-electron chi connectivity index (χ0n) is 21.5. The van der Waals surface area contributed by atoms with Crippen molar-refractivity contribution in [1.29, 1.82) is 0 Å². The highest BCUT2D eigenvalue weighted by molar-refractivity contribution is 7.66. The van der Waals surface area contributed by atoms with Gasteiger partial charge in [0.1, 0.15) is 18.3 Å². The summed E-state index contributed by atoms with van der Waals surface area (Å²) < 4.78 is 52.8. The van der Waals surface area contributed by atoms with Crippen LogP contribution in [0.25, 0.3) is 11.1 Å². The molecule has 1 aliphatic rings. The van der Waals surface area contributed by atoms with Crippen molar-refractivity contribution in [3.8, 4) is 11.1 Å². The Morgan fingerprint density at radius 2 is 1.65 bits per heavy atom. The van der Waals surface area contributed by atoms with Crippen molar-refractivity contribution in [1.82, 2.24) is 14.1 Å². The highest BCUT2D eigenvalue weighted by Crippen LogP contribution is 2.66. The molecule has 6 atom stereocenters. The zero-order chi connectivity index (χ0) is 31.7. The van der Waals surface area contributed by atoms with E-state index in [1.165, 1.54) is 6.20 Å². The normalized spacial score (nSPS) is 23.5. The average Bonchev–Trinajstić information content (AvgIpc) is 3.17. The fourth-order valence-corrected chi connectivity index (χ4v) is 7.12. The maximum absolute atomic E-state index is 13.3. The number of ether oxygens (including phenoxy) is 1. The highest BCUT2D eigenvalue weighted by atomic mass is 31.3. The molecule has 3 heterocycles. The molecule has 19 nitrogen and oxygen atoms in total. The van der Waals surface area contributed by atoms with Crippen LogP contribution in [-0.4, -0.2) is 68.8 Å². The van der Waals surface area contributed by atoms with Gasteiger partial charge in [-0.15, -0.1) is 0 Å². The third-order valence-electron chi connectivity index (χ3n) is 5.93. The molecule has 1 aliphatic heterocycles. The van der Waals surface area contributed by atoms with Gasteiger partial charge in [0, 0.05) is 29.7 Å². The molecular weight excluding hydrogens is 641 g/mol. The van der Waals surface area contributed by atoms with E-state index in [1.54, 1.807) is 36.4 Å². The van der Waals surface area contributed by atoms with Crippen LogP contribution in [-0.2, 0) is 38.1 Å². The summed E-state index contributed by atoms with van der Waals surface area (Å²) in [6, 6.07) is 11.3. The molecule has 1 fully saturated rings. The smallest absolute Gasteiger partial charge is 0.398 e. The number of rotatable bonds is 11. The average molecular weight is 666 g/mol. The van der Waals surface area contributed by atoms with E-state index in [9.17, 15) is 43.3 Å². The van der Waals surface area contributed by atoms with E-state index >= 15 is 0 Å². The minimum Gasteiger partial charge on any atom is -0.398 e. The summed E-state index contributed by atoms with van der Waals surface area (Å²) in [4.78, 5) is 66.1. The minimum absolute atomic E-state index is 0.305. The van der Waals surface area contributed by atoms with Crippen molar-refractivity contribution in [3.05, 3.63) is 81.4 Å². The molecular formula is C21H25N4O15P3. The lowest BCUT2D eigenvalue weighted by atomic mass is 10.0. The first kappa shape index (κ1) is 33.0. The fourth-order valence-electron chi connectivity index (χ4n) is 4.09. The molecule has 22 heteroatoms. The van der Waals surface area contributed by atoms with Gasteiger partial charge in [-0.2, -0.15) is 8.62 Å². The quantitative estimate of drug-likeness (QED) is 0.102. The fraction of sp³-hybridized carbons (Fsp3) is 0.286. The summed E-state index contributed by atoms with van der Waals surface area (Å²) >= 11 is 0. The molecule has 0 spiro atoms. The third-order valence-corrected chi connectivity index (χ3v) is 9.74. The molecule has 8 N–H and O–H groups in total. The second-order valence-electron chi connectivity index (χ2n) is 8.99. The maximum atomic E-state index is 13.3. The minimum atomic E-state index is -5.80. The van der Waals surface area contributed by atoms with Crippen LogP contribution in [0.4, 0.5) is 5.69 Å². The van der Waals surface area contributed by atoms with Crippen LogP contribution >= 0.6 is 23.5 Å². The number of aliphatic hydroxyl groups is 2. The summed E-state index contributed by atoms with van der Waals surface area (Å²) in [6.07, 6.45) is -4.55. The largest absolute Gasteiger partial charge is 0.490 e. The van der Waals surface area contributed by atoms with Gasteiger partial charge in [-0.05, 0) is 23.8 Å². The Hall–Kier alpha value is -2.86. The summed E-state index contributed by atoms with van der Waals surface area (Å²) in [5.74, 6) is 0. The Morgan fingerprint density at radius 1 is 0.953 bits per heavy atom. The monoisotopic (exact) mass is 666 g/mol. The van der Waals surface area contributed by atoms with Crippen molar-refractivity contribution in [2.24, 2.45) is 0 Å². The molecule has 2 aromatic heterocycles. The molecule has 234 valence electrons. The van der Waals surface area contributed by atoms with Gasteiger partial charge in [-0.1, -0.05) is 18.2 Å². The van der Waals surface area contributed by atoms with E-state index in [4.69, 9.17) is 20.3 Å². The predicted octanol–water partition coefficient (Wildman–Crippen LogP) is -0.335. The Labute approximate surface area is 240 Å². The Balaban J connectivity index is 1.51. The lowest BCUT2D eigenvalue weighted by Crippen LogP contribution is -2.43. The summed E-state index contributed by atoms with van der Waals surface area (Å²) in [7, 11) is -17.0. The van der Waals surface area contributed by atoms with E-state index in [-0.39, 0.29) is 6.54 Å². The number of phosphoric acid groups is 3. The molecule has 1 saturated heterocycles. The molecule has 0 radical (unpaired) electrons. The Morgan fingerprint density at radius 3 is 2.33 bits per heavy atom. The molecule has 43 heavy (non-hydrogen) atoms. The number of hydrogen-bond donors (Lipinski definition) is 7. The van der Waals surface area contributed by atoms with Gasteiger partial charge in [0.25, 0.3) is 5.56 Å². The highest BCUT2D eigenvalue weighted by Gasteiger charge is 2.47. The van der Waals surface area contributed by atoms with E-state index in [0.29, 0.717) is 22.5 Å². The molecule has 3 unspecified atom stereocenters. The predicted molar refractivity (Wildman–Crippen MR) is 144 cm³/mol. The number of benzene rings is 1. The zero-order valence-corrected chi connectivity index (χ0v) is 24.2. The molecule has 0 saturated carbocycles. The standard InChI is InChI=1S/C21H25N4O15P3/c22-15-4-2-1-3-14(15)12-5-7-23-13(9-12)10-25-17(26)6-8-24(21(25)29)20-19(28)18(27)16(38-20)11-37-42(33,34)40-43(35,36)39-41(30,31)32/h1-9,16,18-20,27-28H,10-11,22H2,(H,33,34)(H,35,36)(H2,30,31,32)/t16-,18?,19+,20-/m1/s1. The molecule has 1 aromatic carbocycles. The van der Waals surface area contributed by atoms with Crippen LogP contribution in [0.15, 0.2) is 64.4 Å². The molecule has 0 aliphatic carbocycles. The number of pyridine rings is 1. The van der Waals surface area contributed by atoms with Crippen molar-refractivity contribution < 1.29 is 61.4 Å². The number of nitrogen functional groups attached to an aromatic ring is 1. The Kier molecular flexibility index (Phi) is 9.71. The third kappa shape index (κ3) is 8.20. The van der Waals surface area contributed by atoms with Crippen molar-refractivity contribution in [2.75, 3.05) is 12.3 Å². The van der Waals surface area contributed by atoms with Gasteiger partial charge >= 0.3 is 29.2 Å². The number of phosphoric ester groups is 1. The molecule has 3 aromatic rings. The number of aliphatic hydroxyl groups excluding tert-OH is 2. The van der Waals surface area contributed by atoms with E-state index in [0.717, 1.165) is 21.4 Å². The summed E-state index contributed by atoms with van der Waals surface area (Å²) in [5.41, 5.74) is 6.48. The maximum Gasteiger partial charge on any atom is 0.490 e. The summed E-state index contributed by atoms with van der Waals surface area (Å²) in [6.45, 7) is -1.40. The van der Waals surface area contributed by atoms with Crippen LogP contribution in [0.3, 0.4) is 0 Å². The first-order valence-electron chi connectivity index (χ1n) is 11.9. The van der Waals surface area contributed by atoms with E-state index in [1.807, 2.05) is 0 Å². The van der Waals surface area contributed by atoms with Gasteiger partial charge in [-0.3, -0.25) is 23.4 Å². The first-order valence-corrected chi connectivity index (χ1v) is 16.4. The second-order valence-corrected chi connectivity index (χ2v) is 13.4. The number of anilines is 1. The van der Waals surface area contributed by atoms with Crippen LogP contribution in [0, 0.1) is 0 Å².